The van der Waals surface area contributed by atoms with Gasteiger partial charge in [0, 0.05) is 61.6 Å². The summed E-state index contributed by atoms with van der Waals surface area (Å²) in [6, 6.07) is 10.6. The van der Waals surface area contributed by atoms with E-state index < -0.39 is 0 Å². The van der Waals surface area contributed by atoms with E-state index in [0.29, 0.717) is 29.7 Å². The molecule has 4 rings (SSSR count). The maximum atomic E-state index is 6.53. The first-order valence-electron chi connectivity index (χ1n) is 16.7. The normalized spacial score (nSPS) is 25.5. The largest absolute Gasteiger partial charge is 0.375 e. The zero-order valence-electron chi connectivity index (χ0n) is 28.4. The second-order valence-electron chi connectivity index (χ2n) is 17.5. The van der Waals surface area contributed by atoms with Gasteiger partial charge in [-0.15, -0.1) is 0 Å². The molecule has 2 heterocycles. The lowest BCUT2D eigenvalue weighted by Gasteiger charge is -2.45. The summed E-state index contributed by atoms with van der Waals surface area (Å²) in [7, 11) is 0. The van der Waals surface area contributed by atoms with Crippen molar-refractivity contribution in [1.29, 1.82) is 0 Å². The molecule has 1 aliphatic carbocycles. The van der Waals surface area contributed by atoms with E-state index in [2.05, 4.69) is 114 Å². The zero-order valence-corrected chi connectivity index (χ0v) is 28.4. The van der Waals surface area contributed by atoms with E-state index in [1.807, 2.05) is 0 Å². The summed E-state index contributed by atoms with van der Waals surface area (Å²) in [5.74, 6) is 0. The average Bonchev–Trinajstić information content (AvgIpc) is 3.24. The standard InChI is InChI=1S/C36H64N4O/c1-33(2,3)26-39-18-16-31(17-19-39)41-32-21-29(22-32)38-36(9,10)25-35(7,8)23-27-11-13-30(14-12-27)40-20-15-28(24-40)37-34(4,5)6/h11-14,28-29,31-32,37-38H,15-26H2,1-10H3. The van der Waals surface area contributed by atoms with Crippen LogP contribution in [-0.2, 0) is 11.2 Å². The molecule has 1 aromatic carbocycles. The lowest BCUT2D eigenvalue weighted by atomic mass is 9.75. The Labute approximate surface area is 253 Å². The third kappa shape index (κ3) is 10.8. The molecule has 3 aliphatic rings. The lowest BCUT2D eigenvalue weighted by molar-refractivity contribution is -0.0891. The molecule has 0 amide bonds. The van der Waals surface area contributed by atoms with E-state index in [1.54, 1.807) is 0 Å². The van der Waals surface area contributed by atoms with Crippen molar-refractivity contribution in [1.82, 2.24) is 15.5 Å². The quantitative estimate of drug-likeness (QED) is 0.300. The van der Waals surface area contributed by atoms with Gasteiger partial charge in [-0.2, -0.15) is 0 Å². The first kappa shape index (κ1) is 32.8. The third-order valence-electron chi connectivity index (χ3n) is 9.04. The summed E-state index contributed by atoms with van der Waals surface area (Å²) in [5.41, 5.74) is 3.72. The summed E-state index contributed by atoms with van der Waals surface area (Å²) in [6.45, 7) is 29.3. The van der Waals surface area contributed by atoms with Crippen LogP contribution in [0, 0.1) is 10.8 Å². The first-order valence-corrected chi connectivity index (χ1v) is 16.7. The van der Waals surface area contributed by atoms with Crippen LogP contribution in [0.4, 0.5) is 5.69 Å². The number of likely N-dealkylation sites (tertiary alicyclic amines) is 1. The molecule has 0 bridgehead atoms. The van der Waals surface area contributed by atoms with Crippen molar-refractivity contribution in [2.45, 2.75) is 150 Å². The number of rotatable bonds is 11. The Balaban J connectivity index is 1.16. The van der Waals surface area contributed by atoms with E-state index in [9.17, 15) is 0 Å². The number of benzene rings is 1. The van der Waals surface area contributed by atoms with E-state index in [4.69, 9.17) is 4.74 Å². The maximum Gasteiger partial charge on any atom is 0.0608 e. The second kappa shape index (κ2) is 12.8. The van der Waals surface area contributed by atoms with Crippen molar-refractivity contribution in [3.05, 3.63) is 29.8 Å². The van der Waals surface area contributed by atoms with Gasteiger partial charge in [-0.1, -0.05) is 46.8 Å². The SMILES string of the molecule is CC(C)(C)CN1CCC(OC2CC(NC(C)(C)CC(C)(C)Cc3ccc(N4CCC(NC(C)(C)C)C4)cc3)C2)CC1. The highest BCUT2D eigenvalue weighted by atomic mass is 16.5. The molecule has 5 nitrogen and oxygen atoms in total. The van der Waals surface area contributed by atoms with Gasteiger partial charge in [-0.05, 0) is 108 Å². The molecular formula is C36H64N4O. The fourth-order valence-corrected chi connectivity index (χ4v) is 7.91. The molecule has 2 saturated heterocycles. The van der Waals surface area contributed by atoms with E-state index in [-0.39, 0.29) is 16.5 Å². The molecule has 2 N–H and O–H groups in total. The minimum atomic E-state index is 0.113. The molecule has 1 atom stereocenters. The van der Waals surface area contributed by atoms with Gasteiger partial charge in [0.15, 0.2) is 0 Å². The third-order valence-corrected chi connectivity index (χ3v) is 9.04. The van der Waals surface area contributed by atoms with Gasteiger partial charge in [0.05, 0.1) is 12.2 Å². The predicted molar refractivity (Wildman–Crippen MR) is 176 cm³/mol. The Kier molecular flexibility index (Phi) is 10.3. The van der Waals surface area contributed by atoms with E-state index >= 15 is 0 Å². The van der Waals surface area contributed by atoms with Crippen LogP contribution in [0.15, 0.2) is 24.3 Å². The molecule has 41 heavy (non-hydrogen) atoms. The summed E-state index contributed by atoms with van der Waals surface area (Å²) in [4.78, 5) is 5.16. The molecular weight excluding hydrogens is 504 g/mol. The molecule has 1 unspecified atom stereocenters. The summed E-state index contributed by atoms with van der Waals surface area (Å²) >= 11 is 0. The highest BCUT2D eigenvalue weighted by Gasteiger charge is 2.38. The van der Waals surface area contributed by atoms with Gasteiger partial charge < -0.3 is 25.2 Å². The Hall–Kier alpha value is -1.14. The summed E-state index contributed by atoms with van der Waals surface area (Å²) < 4.78 is 6.53. The summed E-state index contributed by atoms with van der Waals surface area (Å²) in [6.07, 6.45) is 9.10. The van der Waals surface area contributed by atoms with Gasteiger partial charge in [-0.25, -0.2) is 0 Å². The lowest BCUT2D eigenvalue weighted by Crippen LogP contribution is -2.55. The Morgan fingerprint density at radius 3 is 1.98 bits per heavy atom. The van der Waals surface area contributed by atoms with Gasteiger partial charge in [0.25, 0.3) is 0 Å². The molecule has 3 fully saturated rings. The topological polar surface area (TPSA) is 39.8 Å². The number of hydrogen-bond donors (Lipinski definition) is 2. The highest BCUT2D eigenvalue weighted by molar-refractivity contribution is 5.49. The van der Waals surface area contributed by atoms with Crippen molar-refractivity contribution in [2.24, 2.45) is 10.8 Å². The number of nitrogens with zero attached hydrogens (tertiary/aromatic N) is 2. The number of hydrogen-bond acceptors (Lipinski definition) is 5. The van der Waals surface area contributed by atoms with Crippen LogP contribution < -0.4 is 15.5 Å². The van der Waals surface area contributed by atoms with Gasteiger partial charge in [0.1, 0.15) is 0 Å². The van der Waals surface area contributed by atoms with Crippen LogP contribution in [0.3, 0.4) is 0 Å². The number of piperidine rings is 1. The van der Waals surface area contributed by atoms with Crippen LogP contribution in [0.1, 0.15) is 113 Å². The zero-order chi connectivity index (χ0) is 30.1. The van der Waals surface area contributed by atoms with Crippen LogP contribution in [0.2, 0.25) is 0 Å². The predicted octanol–water partition coefficient (Wildman–Crippen LogP) is 7.04. The Morgan fingerprint density at radius 2 is 1.39 bits per heavy atom. The Morgan fingerprint density at radius 1 is 0.756 bits per heavy atom. The maximum absolute atomic E-state index is 6.53. The minimum Gasteiger partial charge on any atom is -0.375 e. The van der Waals surface area contributed by atoms with Crippen molar-refractivity contribution >= 4 is 5.69 Å². The summed E-state index contributed by atoms with van der Waals surface area (Å²) in [5, 5.41) is 7.78. The van der Waals surface area contributed by atoms with Crippen LogP contribution >= 0.6 is 0 Å². The van der Waals surface area contributed by atoms with Gasteiger partial charge in [0.2, 0.25) is 0 Å². The van der Waals surface area contributed by atoms with Crippen molar-refractivity contribution < 1.29 is 4.74 Å². The second-order valence-corrected chi connectivity index (χ2v) is 17.5. The van der Waals surface area contributed by atoms with Crippen molar-refractivity contribution in [3.8, 4) is 0 Å². The molecule has 0 radical (unpaired) electrons. The molecule has 2 aliphatic heterocycles. The molecule has 234 valence electrons. The molecule has 1 saturated carbocycles. The fourth-order valence-electron chi connectivity index (χ4n) is 7.91. The first-order chi connectivity index (χ1) is 18.9. The highest BCUT2D eigenvalue weighted by Crippen LogP contribution is 2.35. The van der Waals surface area contributed by atoms with Gasteiger partial charge in [-0.3, -0.25) is 0 Å². The molecule has 5 heteroatoms. The van der Waals surface area contributed by atoms with Crippen molar-refractivity contribution in [3.63, 3.8) is 0 Å². The van der Waals surface area contributed by atoms with E-state index in [0.717, 1.165) is 38.8 Å². The molecule has 0 spiro atoms. The fraction of sp³-hybridized carbons (Fsp3) is 0.833. The van der Waals surface area contributed by atoms with Crippen LogP contribution in [0.25, 0.3) is 0 Å². The monoisotopic (exact) mass is 569 g/mol. The molecule has 0 aromatic heterocycles. The Bertz CT molecular complexity index is 943. The smallest absolute Gasteiger partial charge is 0.0608 e. The number of nitrogens with one attached hydrogen (secondary N) is 2. The minimum absolute atomic E-state index is 0.113. The number of anilines is 1. The van der Waals surface area contributed by atoms with E-state index in [1.165, 1.54) is 50.1 Å². The molecule has 1 aromatic rings. The van der Waals surface area contributed by atoms with Crippen LogP contribution in [0.5, 0.6) is 0 Å². The van der Waals surface area contributed by atoms with Gasteiger partial charge >= 0.3 is 0 Å². The number of ether oxygens (including phenoxy) is 1. The average molecular weight is 569 g/mol. The van der Waals surface area contributed by atoms with Crippen molar-refractivity contribution in [2.75, 3.05) is 37.6 Å². The van der Waals surface area contributed by atoms with Crippen LogP contribution in [-0.4, -0.2) is 73.0 Å².